The number of nitrogens with one attached hydrogen (secondary N) is 3. The van der Waals surface area contributed by atoms with Gasteiger partial charge in [0.15, 0.2) is 5.96 Å². The molecule has 0 spiro atoms. The topological polar surface area (TPSA) is 65.5 Å². The first-order chi connectivity index (χ1) is 10.3. The zero-order chi connectivity index (χ0) is 15.3. The van der Waals surface area contributed by atoms with Crippen molar-refractivity contribution < 1.29 is 4.79 Å². The van der Waals surface area contributed by atoms with E-state index in [4.69, 9.17) is 0 Å². The number of carbonyl (C=O) groups excluding carboxylic acids is 1. The summed E-state index contributed by atoms with van der Waals surface area (Å²) in [7, 11) is 0. The fourth-order valence-corrected chi connectivity index (χ4v) is 2.71. The molecule has 0 aromatic rings. The van der Waals surface area contributed by atoms with Gasteiger partial charge in [-0.25, -0.2) is 0 Å². The minimum atomic E-state index is 0.148. The molecular formula is C15H30N4OS. The first-order valence-electron chi connectivity index (χ1n) is 8.06. The van der Waals surface area contributed by atoms with E-state index >= 15 is 0 Å². The molecule has 0 atom stereocenters. The molecule has 0 saturated heterocycles. The molecule has 3 N–H and O–H groups in total. The molecule has 1 fully saturated rings. The lowest BCUT2D eigenvalue weighted by atomic mass is 9.95. The van der Waals surface area contributed by atoms with Gasteiger partial charge < -0.3 is 16.0 Å². The van der Waals surface area contributed by atoms with Crippen LogP contribution in [0.5, 0.6) is 0 Å². The Kier molecular flexibility index (Phi) is 10.1. The average molecular weight is 314 g/mol. The largest absolute Gasteiger partial charge is 0.357 e. The van der Waals surface area contributed by atoms with E-state index in [9.17, 15) is 4.79 Å². The van der Waals surface area contributed by atoms with Crippen molar-refractivity contribution in [3.63, 3.8) is 0 Å². The van der Waals surface area contributed by atoms with Gasteiger partial charge in [0.05, 0.1) is 6.54 Å². The van der Waals surface area contributed by atoms with Crippen LogP contribution in [-0.4, -0.2) is 49.6 Å². The Morgan fingerprint density at radius 1 is 1.24 bits per heavy atom. The van der Waals surface area contributed by atoms with Crippen LogP contribution in [0.25, 0.3) is 0 Å². The molecule has 1 aliphatic carbocycles. The first kappa shape index (κ1) is 18.1. The van der Waals surface area contributed by atoms with Gasteiger partial charge in [-0.2, -0.15) is 11.8 Å². The quantitative estimate of drug-likeness (QED) is 0.363. The Hall–Kier alpha value is -0.910. The van der Waals surface area contributed by atoms with Crippen LogP contribution in [0.4, 0.5) is 0 Å². The fourth-order valence-electron chi connectivity index (χ4n) is 2.43. The van der Waals surface area contributed by atoms with Gasteiger partial charge in [-0.15, -0.1) is 0 Å². The summed E-state index contributed by atoms with van der Waals surface area (Å²) in [6, 6.07) is 0.398. The molecular weight excluding hydrogens is 284 g/mol. The lowest BCUT2D eigenvalue weighted by Gasteiger charge is -2.22. The number of hydrogen-bond donors (Lipinski definition) is 3. The van der Waals surface area contributed by atoms with Gasteiger partial charge in [0, 0.05) is 31.3 Å². The average Bonchev–Trinajstić information content (AvgIpc) is 2.48. The van der Waals surface area contributed by atoms with Gasteiger partial charge in [-0.05, 0) is 26.0 Å². The standard InChI is InChI=1S/C15H30N4OS/c1-3-16-15(18-11-12-21-2)17-10-9-14(20)19-13-7-5-4-6-8-13/h13H,3-12H2,1-2H3,(H,19,20)(H2,16,17,18). The summed E-state index contributed by atoms with van der Waals surface area (Å²) >= 11 is 1.78. The monoisotopic (exact) mass is 314 g/mol. The van der Waals surface area contributed by atoms with E-state index in [0.717, 1.165) is 37.6 Å². The van der Waals surface area contributed by atoms with Gasteiger partial charge in [0.25, 0.3) is 0 Å². The number of rotatable bonds is 8. The number of guanidine groups is 1. The van der Waals surface area contributed by atoms with E-state index in [1.807, 2.05) is 6.92 Å². The smallest absolute Gasteiger partial charge is 0.221 e. The van der Waals surface area contributed by atoms with Crippen LogP contribution in [0.15, 0.2) is 4.99 Å². The van der Waals surface area contributed by atoms with Crippen molar-refractivity contribution in [3.05, 3.63) is 0 Å². The number of thioether (sulfide) groups is 1. The van der Waals surface area contributed by atoms with E-state index < -0.39 is 0 Å². The highest BCUT2D eigenvalue weighted by molar-refractivity contribution is 7.98. The number of nitrogens with zero attached hydrogens (tertiary/aromatic N) is 1. The number of carbonyl (C=O) groups is 1. The van der Waals surface area contributed by atoms with Crippen LogP contribution in [-0.2, 0) is 4.79 Å². The van der Waals surface area contributed by atoms with Crippen LogP contribution >= 0.6 is 11.8 Å². The summed E-state index contributed by atoms with van der Waals surface area (Å²) in [6.07, 6.45) is 8.66. The molecule has 1 rings (SSSR count). The summed E-state index contributed by atoms with van der Waals surface area (Å²) in [4.78, 5) is 16.4. The second kappa shape index (κ2) is 11.7. The molecule has 0 aliphatic heterocycles. The third-order valence-electron chi connectivity index (χ3n) is 3.52. The van der Waals surface area contributed by atoms with Crippen molar-refractivity contribution in [2.75, 3.05) is 31.6 Å². The van der Waals surface area contributed by atoms with Crippen molar-refractivity contribution >= 4 is 23.6 Å². The minimum absolute atomic E-state index is 0.148. The molecule has 0 bridgehead atoms. The van der Waals surface area contributed by atoms with Gasteiger partial charge in [0.2, 0.25) is 5.91 Å². The maximum absolute atomic E-state index is 11.9. The Bertz CT molecular complexity index is 317. The minimum Gasteiger partial charge on any atom is -0.357 e. The Morgan fingerprint density at radius 3 is 2.67 bits per heavy atom. The fraction of sp³-hybridized carbons (Fsp3) is 0.867. The van der Waals surface area contributed by atoms with E-state index in [1.54, 1.807) is 11.8 Å². The van der Waals surface area contributed by atoms with Crippen molar-refractivity contribution in [3.8, 4) is 0 Å². The molecule has 6 heteroatoms. The first-order valence-corrected chi connectivity index (χ1v) is 9.46. The number of amides is 1. The van der Waals surface area contributed by atoms with Crippen LogP contribution in [0, 0.1) is 0 Å². The zero-order valence-electron chi connectivity index (χ0n) is 13.4. The summed E-state index contributed by atoms with van der Waals surface area (Å²) in [6.45, 7) is 4.30. The summed E-state index contributed by atoms with van der Waals surface area (Å²) in [5.41, 5.74) is 0. The third kappa shape index (κ3) is 8.86. The molecule has 1 amide bonds. The molecule has 0 aromatic heterocycles. The van der Waals surface area contributed by atoms with Gasteiger partial charge >= 0.3 is 0 Å². The summed E-state index contributed by atoms with van der Waals surface area (Å²) in [5.74, 6) is 1.96. The Labute approximate surface area is 133 Å². The molecule has 0 unspecified atom stereocenters. The summed E-state index contributed by atoms with van der Waals surface area (Å²) < 4.78 is 0. The lowest BCUT2D eigenvalue weighted by molar-refractivity contribution is -0.121. The number of hydrogen-bond acceptors (Lipinski definition) is 3. The van der Waals surface area contributed by atoms with Gasteiger partial charge in [-0.3, -0.25) is 9.79 Å². The van der Waals surface area contributed by atoms with Gasteiger partial charge in [-0.1, -0.05) is 19.3 Å². The molecule has 1 saturated carbocycles. The van der Waals surface area contributed by atoms with Crippen LogP contribution in [0.1, 0.15) is 45.4 Å². The highest BCUT2D eigenvalue weighted by Gasteiger charge is 2.15. The van der Waals surface area contributed by atoms with Gasteiger partial charge in [0.1, 0.15) is 0 Å². The maximum atomic E-state index is 11.9. The molecule has 5 nitrogen and oxygen atoms in total. The van der Waals surface area contributed by atoms with E-state index in [-0.39, 0.29) is 5.91 Å². The molecule has 1 aliphatic rings. The van der Waals surface area contributed by atoms with Crippen LogP contribution < -0.4 is 16.0 Å². The van der Waals surface area contributed by atoms with E-state index in [0.29, 0.717) is 19.0 Å². The Balaban J connectivity index is 2.19. The molecule has 0 heterocycles. The SMILES string of the molecule is CCNC(=NCCSC)NCCC(=O)NC1CCCCC1. The van der Waals surface area contributed by atoms with Crippen LogP contribution in [0.3, 0.4) is 0 Å². The summed E-state index contributed by atoms with van der Waals surface area (Å²) in [5, 5.41) is 9.55. The predicted molar refractivity (Wildman–Crippen MR) is 92.0 cm³/mol. The van der Waals surface area contributed by atoms with Crippen molar-refractivity contribution in [1.29, 1.82) is 0 Å². The zero-order valence-corrected chi connectivity index (χ0v) is 14.2. The van der Waals surface area contributed by atoms with Crippen molar-refractivity contribution in [2.45, 2.75) is 51.5 Å². The number of aliphatic imine (C=N–C) groups is 1. The van der Waals surface area contributed by atoms with Crippen molar-refractivity contribution in [1.82, 2.24) is 16.0 Å². The highest BCUT2D eigenvalue weighted by Crippen LogP contribution is 2.17. The maximum Gasteiger partial charge on any atom is 0.221 e. The van der Waals surface area contributed by atoms with E-state index in [2.05, 4.69) is 27.2 Å². The molecule has 0 radical (unpaired) electrons. The van der Waals surface area contributed by atoms with E-state index in [1.165, 1.54) is 19.3 Å². The lowest BCUT2D eigenvalue weighted by Crippen LogP contribution is -2.41. The molecule has 0 aromatic carbocycles. The highest BCUT2D eigenvalue weighted by atomic mass is 32.2. The second-order valence-corrected chi connectivity index (χ2v) is 6.32. The second-order valence-electron chi connectivity index (χ2n) is 5.33. The molecule has 122 valence electrons. The van der Waals surface area contributed by atoms with Crippen LogP contribution in [0.2, 0.25) is 0 Å². The normalized spacial score (nSPS) is 16.6. The van der Waals surface area contributed by atoms with Crippen molar-refractivity contribution in [2.24, 2.45) is 4.99 Å². The predicted octanol–water partition coefficient (Wildman–Crippen LogP) is 1.74. The molecule has 21 heavy (non-hydrogen) atoms. The Morgan fingerprint density at radius 2 is 2.00 bits per heavy atom. The third-order valence-corrected chi connectivity index (χ3v) is 4.12.